The van der Waals surface area contributed by atoms with Gasteiger partial charge in [0.2, 0.25) is 6.10 Å². The van der Waals surface area contributed by atoms with E-state index in [1.54, 1.807) is 24.3 Å². The van der Waals surface area contributed by atoms with Crippen LogP contribution in [-0.4, -0.2) is 18.5 Å². The second kappa shape index (κ2) is 9.97. The average molecular weight is 292 g/mol. The fourth-order valence-corrected chi connectivity index (χ4v) is 1.88. The molecule has 1 unspecified atom stereocenters. The van der Waals surface area contributed by atoms with Gasteiger partial charge in [0.05, 0.1) is 6.61 Å². The maximum Gasteiger partial charge on any atom is 0.352 e. The van der Waals surface area contributed by atoms with E-state index < -0.39 is 12.1 Å². The van der Waals surface area contributed by atoms with Gasteiger partial charge in [-0.2, -0.15) is 0 Å². The molecule has 0 fully saturated rings. The Morgan fingerprint density at radius 3 is 2.38 bits per heavy atom. The quantitative estimate of drug-likeness (QED) is 0.513. The number of carbonyl (C=O) groups is 2. The van der Waals surface area contributed by atoms with Crippen LogP contribution < -0.4 is 0 Å². The third-order valence-electron chi connectivity index (χ3n) is 3.01. The van der Waals surface area contributed by atoms with Crippen molar-refractivity contribution in [2.75, 3.05) is 6.61 Å². The zero-order chi connectivity index (χ0) is 15.5. The standard InChI is InChI=1S/C17H24O4/c1-3-5-9-13-20-17(19)16(21-15(18)10-4-2)14-11-7-6-8-12-14/h6-8,11-12,16H,3-5,9-10,13H2,1-2H3. The number of unbranched alkanes of at least 4 members (excludes halogenated alkanes) is 2. The predicted molar refractivity (Wildman–Crippen MR) is 80.7 cm³/mol. The van der Waals surface area contributed by atoms with E-state index in [9.17, 15) is 9.59 Å². The maximum absolute atomic E-state index is 12.1. The van der Waals surface area contributed by atoms with Gasteiger partial charge in [-0.3, -0.25) is 4.79 Å². The summed E-state index contributed by atoms with van der Waals surface area (Å²) < 4.78 is 10.5. The van der Waals surface area contributed by atoms with E-state index in [0.717, 1.165) is 19.3 Å². The monoisotopic (exact) mass is 292 g/mol. The fourth-order valence-electron chi connectivity index (χ4n) is 1.88. The molecule has 1 atom stereocenters. The highest BCUT2D eigenvalue weighted by molar-refractivity contribution is 5.80. The zero-order valence-electron chi connectivity index (χ0n) is 12.8. The molecule has 116 valence electrons. The lowest BCUT2D eigenvalue weighted by Gasteiger charge is -2.17. The van der Waals surface area contributed by atoms with Crippen LogP contribution in [0.3, 0.4) is 0 Å². The summed E-state index contributed by atoms with van der Waals surface area (Å²) in [6, 6.07) is 8.98. The number of benzene rings is 1. The number of hydrogen-bond acceptors (Lipinski definition) is 4. The Hall–Kier alpha value is -1.84. The van der Waals surface area contributed by atoms with Crippen molar-refractivity contribution in [2.24, 2.45) is 0 Å². The molecule has 1 aromatic carbocycles. The van der Waals surface area contributed by atoms with Crippen molar-refractivity contribution in [1.29, 1.82) is 0 Å². The molecule has 0 radical (unpaired) electrons. The van der Waals surface area contributed by atoms with Gasteiger partial charge in [0, 0.05) is 12.0 Å². The summed E-state index contributed by atoms with van der Waals surface area (Å²) in [5.41, 5.74) is 0.641. The summed E-state index contributed by atoms with van der Waals surface area (Å²) in [4.78, 5) is 23.8. The normalized spacial score (nSPS) is 11.7. The van der Waals surface area contributed by atoms with Crippen LogP contribution in [0.25, 0.3) is 0 Å². The van der Waals surface area contributed by atoms with E-state index in [0.29, 0.717) is 25.0 Å². The van der Waals surface area contributed by atoms with E-state index in [2.05, 4.69) is 6.92 Å². The highest BCUT2D eigenvalue weighted by Crippen LogP contribution is 2.20. The van der Waals surface area contributed by atoms with Crippen molar-refractivity contribution in [3.8, 4) is 0 Å². The lowest BCUT2D eigenvalue weighted by molar-refractivity contribution is -0.168. The van der Waals surface area contributed by atoms with Crippen LogP contribution in [0.5, 0.6) is 0 Å². The van der Waals surface area contributed by atoms with Crippen LogP contribution in [-0.2, 0) is 19.1 Å². The van der Waals surface area contributed by atoms with Crippen LogP contribution in [0.2, 0.25) is 0 Å². The van der Waals surface area contributed by atoms with Gasteiger partial charge in [-0.25, -0.2) is 4.79 Å². The second-order valence-corrected chi connectivity index (χ2v) is 4.91. The molecule has 0 bridgehead atoms. The molecule has 0 aromatic heterocycles. The highest BCUT2D eigenvalue weighted by atomic mass is 16.6. The second-order valence-electron chi connectivity index (χ2n) is 4.91. The summed E-state index contributed by atoms with van der Waals surface area (Å²) in [5, 5.41) is 0. The molecule has 0 amide bonds. The first kappa shape index (κ1) is 17.2. The molecule has 0 N–H and O–H groups in total. The third kappa shape index (κ3) is 6.43. The fraction of sp³-hybridized carbons (Fsp3) is 0.529. The van der Waals surface area contributed by atoms with Crippen LogP contribution in [0.15, 0.2) is 30.3 Å². The molecule has 0 aliphatic carbocycles. The number of esters is 2. The Kier molecular flexibility index (Phi) is 8.17. The van der Waals surface area contributed by atoms with Gasteiger partial charge < -0.3 is 9.47 Å². The highest BCUT2D eigenvalue weighted by Gasteiger charge is 2.26. The van der Waals surface area contributed by atoms with Crippen LogP contribution in [0, 0.1) is 0 Å². The molecule has 0 saturated heterocycles. The number of rotatable bonds is 9. The zero-order valence-corrected chi connectivity index (χ0v) is 12.8. The molecule has 4 heteroatoms. The minimum Gasteiger partial charge on any atom is -0.463 e. The smallest absolute Gasteiger partial charge is 0.352 e. The van der Waals surface area contributed by atoms with E-state index in [1.807, 2.05) is 13.0 Å². The number of hydrogen-bond donors (Lipinski definition) is 0. The molecule has 0 saturated carbocycles. The molecule has 4 nitrogen and oxygen atoms in total. The van der Waals surface area contributed by atoms with Gasteiger partial charge in [-0.15, -0.1) is 0 Å². The molecule has 0 aliphatic rings. The summed E-state index contributed by atoms with van der Waals surface area (Å²) >= 11 is 0. The van der Waals surface area contributed by atoms with Crippen molar-refractivity contribution >= 4 is 11.9 Å². The summed E-state index contributed by atoms with van der Waals surface area (Å²) in [6.45, 7) is 4.34. The first-order chi connectivity index (χ1) is 10.2. The maximum atomic E-state index is 12.1. The molecule has 1 aromatic rings. The van der Waals surface area contributed by atoms with E-state index in [4.69, 9.17) is 9.47 Å². The van der Waals surface area contributed by atoms with Gasteiger partial charge >= 0.3 is 11.9 Å². The van der Waals surface area contributed by atoms with E-state index in [-0.39, 0.29) is 5.97 Å². The van der Waals surface area contributed by atoms with Crippen molar-refractivity contribution in [3.05, 3.63) is 35.9 Å². The van der Waals surface area contributed by atoms with Crippen LogP contribution in [0.1, 0.15) is 57.6 Å². The third-order valence-corrected chi connectivity index (χ3v) is 3.01. The average Bonchev–Trinajstić information content (AvgIpc) is 2.50. The molecule has 0 spiro atoms. The molecule has 1 rings (SSSR count). The Morgan fingerprint density at radius 1 is 1.05 bits per heavy atom. The minimum absolute atomic E-state index is 0.298. The largest absolute Gasteiger partial charge is 0.463 e. The Bertz CT molecular complexity index is 428. The van der Waals surface area contributed by atoms with Gasteiger partial charge in [0.1, 0.15) is 0 Å². The van der Waals surface area contributed by atoms with Gasteiger partial charge in [-0.05, 0) is 12.8 Å². The summed E-state index contributed by atoms with van der Waals surface area (Å²) in [5.74, 6) is -0.876. The van der Waals surface area contributed by atoms with Gasteiger partial charge in [0.25, 0.3) is 0 Å². The lowest BCUT2D eigenvalue weighted by Crippen LogP contribution is -2.22. The van der Waals surface area contributed by atoms with Gasteiger partial charge in [0.15, 0.2) is 0 Å². The lowest BCUT2D eigenvalue weighted by atomic mass is 10.1. The van der Waals surface area contributed by atoms with Crippen molar-refractivity contribution in [2.45, 2.75) is 52.1 Å². The Balaban J connectivity index is 2.67. The molecule has 21 heavy (non-hydrogen) atoms. The first-order valence-electron chi connectivity index (χ1n) is 7.60. The molecule has 0 heterocycles. The molecular weight excluding hydrogens is 268 g/mol. The molecular formula is C17H24O4. The minimum atomic E-state index is -0.966. The van der Waals surface area contributed by atoms with Crippen molar-refractivity contribution in [3.63, 3.8) is 0 Å². The van der Waals surface area contributed by atoms with Crippen LogP contribution in [0.4, 0.5) is 0 Å². The van der Waals surface area contributed by atoms with Crippen LogP contribution >= 0.6 is 0 Å². The van der Waals surface area contributed by atoms with Crippen molar-refractivity contribution < 1.29 is 19.1 Å². The summed E-state index contributed by atoms with van der Waals surface area (Å²) in [6.07, 6.45) is 2.92. The van der Waals surface area contributed by atoms with E-state index >= 15 is 0 Å². The SMILES string of the molecule is CCCCCOC(=O)C(OC(=O)CCC)c1ccccc1. The Morgan fingerprint density at radius 2 is 1.76 bits per heavy atom. The number of ether oxygens (including phenoxy) is 2. The molecule has 0 aliphatic heterocycles. The topological polar surface area (TPSA) is 52.6 Å². The van der Waals surface area contributed by atoms with Gasteiger partial charge in [-0.1, -0.05) is 57.0 Å². The first-order valence-corrected chi connectivity index (χ1v) is 7.60. The number of carbonyl (C=O) groups excluding carboxylic acids is 2. The summed E-state index contributed by atoms with van der Waals surface area (Å²) in [7, 11) is 0. The van der Waals surface area contributed by atoms with Crippen molar-refractivity contribution in [1.82, 2.24) is 0 Å². The van der Waals surface area contributed by atoms with E-state index in [1.165, 1.54) is 0 Å². The predicted octanol–water partition coefficient (Wildman–Crippen LogP) is 3.80. The Labute approximate surface area is 126 Å².